The van der Waals surface area contributed by atoms with E-state index in [0.717, 1.165) is 25.7 Å². The number of amides is 2. The van der Waals surface area contributed by atoms with E-state index in [1.54, 1.807) is 41.0 Å². The SMILES string of the molecule is CCOC(=O)N1CCN(C(=O)c2ccc(C(=O)C3CCC(C)CC3)cc2)CC1. The molecule has 0 unspecified atom stereocenters. The normalized spacial score (nSPS) is 22.6. The molecular weight excluding hydrogens is 356 g/mol. The van der Waals surface area contributed by atoms with Crippen LogP contribution in [0, 0.1) is 11.8 Å². The lowest BCUT2D eigenvalue weighted by atomic mass is 9.79. The molecule has 1 aliphatic heterocycles. The second kappa shape index (κ2) is 9.22. The Bertz CT molecular complexity index is 700. The first-order chi connectivity index (χ1) is 13.5. The molecule has 1 aromatic carbocycles. The standard InChI is InChI=1S/C22H30N2O4/c1-3-28-22(27)24-14-12-23(13-15-24)21(26)19-10-8-18(9-11-19)20(25)17-6-4-16(2)5-7-17/h8-11,16-17H,3-7,12-15H2,1-2H3. The number of nitrogens with zero attached hydrogens (tertiary/aromatic N) is 2. The number of hydrogen-bond acceptors (Lipinski definition) is 4. The summed E-state index contributed by atoms with van der Waals surface area (Å²) in [5, 5.41) is 0. The molecule has 2 fully saturated rings. The summed E-state index contributed by atoms with van der Waals surface area (Å²) in [4.78, 5) is 40.6. The predicted octanol–water partition coefficient (Wildman–Crippen LogP) is 3.61. The van der Waals surface area contributed by atoms with Gasteiger partial charge in [-0.15, -0.1) is 0 Å². The smallest absolute Gasteiger partial charge is 0.409 e. The number of hydrogen-bond donors (Lipinski definition) is 0. The zero-order chi connectivity index (χ0) is 20.1. The summed E-state index contributed by atoms with van der Waals surface area (Å²) in [7, 11) is 0. The van der Waals surface area contributed by atoms with Crippen LogP contribution in [0.15, 0.2) is 24.3 Å². The lowest BCUT2D eigenvalue weighted by Crippen LogP contribution is -2.50. The van der Waals surface area contributed by atoms with Gasteiger partial charge in [0.05, 0.1) is 6.61 Å². The summed E-state index contributed by atoms with van der Waals surface area (Å²) in [6.07, 6.45) is 3.83. The molecule has 0 radical (unpaired) electrons. The number of benzene rings is 1. The van der Waals surface area contributed by atoms with Gasteiger partial charge in [0.2, 0.25) is 0 Å². The predicted molar refractivity (Wildman–Crippen MR) is 106 cm³/mol. The molecule has 0 aromatic heterocycles. The highest BCUT2D eigenvalue weighted by Crippen LogP contribution is 2.30. The van der Waals surface area contributed by atoms with Crippen molar-refractivity contribution in [2.24, 2.45) is 11.8 Å². The van der Waals surface area contributed by atoms with Crippen LogP contribution in [0.4, 0.5) is 4.79 Å². The first-order valence-corrected chi connectivity index (χ1v) is 10.3. The molecule has 1 heterocycles. The van der Waals surface area contributed by atoms with E-state index in [2.05, 4.69) is 6.92 Å². The van der Waals surface area contributed by atoms with Gasteiger partial charge in [-0.3, -0.25) is 9.59 Å². The number of ether oxygens (including phenoxy) is 1. The van der Waals surface area contributed by atoms with Crippen LogP contribution in [0.3, 0.4) is 0 Å². The summed E-state index contributed by atoms with van der Waals surface area (Å²) >= 11 is 0. The van der Waals surface area contributed by atoms with Gasteiger partial charge in [-0.2, -0.15) is 0 Å². The highest BCUT2D eigenvalue weighted by molar-refractivity contribution is 6.00. The van der Waals surface area contributed by atoms with Crippen molar-refractivity contribution in [1.29, 1.82) is 0 Å². The molecule has 1 aliphatic carbocycles. The highest BCUT2D eigenvalue weighted by atomic mass is 16.6. The number of rotatable bonds is 4. The van der Waals surface area contributed by atoms with Gasteiger partial charge in [-0.25, -0.2) is 4.79 Å². The van der Waals surface area contributed by atoms with E-state index in [1.165, 1.54) is 0 Å². The molecule has 0 N–H and O–H groups in total. The van der Waals surface area contributed by atoms with Gasteiger partial charge >= 0.3 is 6.09 Å². The molecule has 28 heavy (non-hydrogen) atoms. The van der Waals surface area contributed by atoms with E-state index in [0.29, 0.717) is 49.8 Å². The Morgan fingerprint density at radius 2 is 1.43 bits per heavy atom. The minimum absolute atomic E-state index is 0.0611. The minimum atomic E-state index is -0.324. The van der Waals surface area contributed by atoms with Gasteiger partial charge in [-0.05, 0) is 37.8 Å². The van der Waals surface area contributed by atoms with E-state index in [9.17, 15) is 14.4 Å². The van der Waals surface area contributed by atoms with Crippen molar-refractivity contribution < 1.29 is 19.1 Å². The van der Waals surface area contributed by atoms with E-state index >= 15 is 0 Å². The van der Waals surface area contributed by atoms with Crippen LogP contribution in [0.2, 0.25) is 0 Å². The molecule has 1 aromatic rings. The number of carbonyl (C=O) groups is 3. The molecule has 6 heteroatoms. The van der Waals surface area contributed by atoms with Gasteiger partial charge < -0.3 is 14.5 Å². The zero-order valence-corrected chi connectivity index (χ0v) is 16.9. The van der Waals surface area contributed by atoms with Crippen molar-refractivity contribution in [2.45, 2.75) is 39.5 Å². The van der Waals surface area contributed by atoms with Gasteiger partial charge in [0, 0.05) is 43.2 Å². The molecule has 6 nitrogen and oxygen atoms in total. The maximum absolute atomic E-state index is 12.7. The van der Waals surface area contributed by atoms with Crippen molar-refractivity contribution >= 4 is 17.8 Å². The molecule has 1 saturated carbocycles. The van der Waals surface area contributed by atoms with Crippen LogP contribution in [0.5, 0.6) is 0 Å². The third-order valence-corrected chi connectivity index (χ3v) is 5.90. The molecular formula is C22H30N2O4. The van der Waals surface area contributed by atoms with Crippen molar-refractivity contribution in [2.75, 3.05) is 32.8 Å². The lowest BCUT2D eigenvalue weighted by Gasteiger charge is -2.34. The summed E-state index contributed by atoms with van der Waals surface area (Å²) in [6, 6.07) is 7.06. The van der Waals surface area contributed by atoms with E-state index in [4.69, 9.17) is 4.74 Å². The van der Waals surface area contributed by atoms with Crippen molar-refractivity contribution in [3.63, 3.8) is 0 Å². The Labute approximate surface area is 166 Å². The van der Waals surface area contributed by atoms with Crippen LogP contribution in [0.25, 0.3) is 0 Å². The van der Waals surface area contributed by atoms with Crippen LogP contribution in [-0.2, 0) is 4.74 Å². The lowest BCUT2D eigenvalue weighted by molar-refractivity contribution is 0.0570. The quantitative estimate of drug-likeness (QED) is 0.742. The molecule has 0 spiro atoms. The van der Waals surface area contributed by atoms with Crippen LogP contribution >= 0.6 is 0 Å². The summed E-state index contributed by atoms with van der Waals surface area (Å²) in [5.74, 6) is 0.977. The molecule has 152 valence electrons. The summed E-state index contributed by atoms with van der Waals surface area (Å²) < 4.78 is 5.00. The first-order valence-electron chi connectivity index (χ1n) is 10.3. The fourth-order valence-corrected chi connectivity index (χ4v) is 4.02. The Kier molecular flexibility index (Phi) is 6.70. The second-order valence-corrected chi connectivity index (χ2v) is 7.88. The maximum atomic E-state index is 12.7. The minimum Gasteiger partial charge on any atom is -0.450 e. The van der Waals surface area contributed by atoms with Crippen molar-refractivity contribution in [1.82, 2.24) is 9.80 Å². The summed E-state index contributed by atoms with van der Waals surface area (Å²) in [6.45, 7) is 6.29. The Balaban J connectivity index is 1.55. The third-order valence-electron chi connectivity index (χ3n) is 5.90. The summed E-state index contributed by atoms with van der Waals surface area (Å²) in [5.41, 5.74) is 1.28. The van der Waals surface area contributed by atoms with E-state index in [-0.39, 0.29) is 23.7 Å². The van der Waals surface area contributed by atoms with Crippen LogP contribution < -0.4 is 0 Å². The molecule has 2 aliphatic rings. The van der Waals surface area contributed by atoms with Crippen molar-refractivity contribution in [3.05, 3.63) is 35.4 Å². The molecule has 1 saturated heterocycles. The molecule has 0 atom stereocenters. The average Bonchev–Trinajstić information content (AvgIpc) is 2.74. The average molecular weight is 386 g/mol. The second-order valence-electron chi connectivity index (χ2n) is 7.88. The Morgan fingerprint density at radius 1 is 0.893 bits per heavy atom. The van der Waals surface area contributed by atoms with Gasteiger partial charge in [0.25, 0.3) is 5.91 Å². The van der Waals surface area contributed by atoms with E-state index in [1.807, 2.05) is 0 Å². The Hall–Kier alpha value is -2.37. The Morgan fingerprint density at radius 3 is 2.00 bits per heavy atom. The van der Waals surface area contributed by atoms with Gasteiger partial charge in [-0.1, -0.05) is 31.9 Å². The van der Waals surface area contributed by atoms with Crippen LogP contribution in [-0.4, -0.2) is 60.4 Å². The highest BCUT2D eigenvalue weighted by Gasteiger charge is 2.27. The monoisotopic (exact) mass is 386 g/mol. The van der Waals surface area contributed by atoms with Crippen LogP contribution in [0.1, 0.15) is 60.2 Å². The van der Waals surface area contributed by atoms with E-state index < -0.39 is 0 Å². The maximum Gasteiger partial charge on any atom is 0.409 e. The largest absolute Gasteiger partial charge is 0.450 e. The number of carbonyl (C=O) groups excluding carboxylic acids is 3. The first kappa shape index (κ1) is 20.4. The number of Topliss-reactive ketones (excluding diaryl/α,β-unsaturated/α-hetero) is 1. The number of piperazine rings is 1. The molecule has 0 bridgehead atoms. The van der Waals surface area contributed by atoms with Crippen molar-refractivity contribution in [3.8, 4) is 0 Å². The topological polar surface area (TPSA) is 66.9 Å². The fourth-order valence-electron chi connectivity index (χ4n) is 4.02. The fraction of sp³-hybridized carbons (Fsp3) is 0.591. The molecule has 2 amide bonds. The number of ketones is 1. The van der Waals surface area contributed by atoms with Gasteiger partial charge in [0.15, 0.2) is 5.78 Å². The molecule has 3 rings (SSSR count). The van der Waals surface area contributed by atoms with Gasteiger partial charge in [0.1, 0.15) is 0 Å². The third kappa shape index (κ3) is 4.72. The zero-order valence-electron chi connectivity index (χ0n) is 16.9.